The van der Waals surface area contributed by atoms with Crippen molar-refractivity contribution in [2.45, 2.75) is 18.2 Å². The molecule has 144 valence electrons. The van der Waals surface area contributed by atoms with Gasteiger partial charge in [-0.1, -0.05) is 15.9 Å². The zero-order chi connectivity index (χ0) is 19.9. The molecule has 0 bridgehead atoms. The zero-order valence-corrected chi connectivity index (χ0v) is 16.1. The van der Waals surface area contributed by atoms with Crippen LogP contribution >= 0.6 is 15.9 Å². The quantitative estimate of drug-likeness (QED) is 0.433. The molecule has 3 heterocycles. The van der Waals surface area contributed by atoms with Gasteiger partial charge in [0.2, 0.25) is 11.8 Å². The lowest BCUT2D eigenvalue weighted by Gasteiger charge is -2.17. The van der Waals surface area contributed by atoms with Crippen LogP contribution in [0.1, 0.15) is 22.8 Å². The van der Waals surface area contributed by atoms with Crippen LogP contribution in [0.4, 0.5) is 24.9 Å². The highest BCUT2D eigenvalue weighted by molar-refractivity contribution is 9.08. The Kier molecular flexibility index (Phi) is 4.58. The highest BCUT2D eigenvalue weighted by atomic mass is 79.9. The third-order valence-corrected chi connectivity index (χ3v) is 4.73. The third kappa shape index (κ3) is 3.24. The van der Waals surface area contributed by atoms with Gasteiger partial charge in [-0.3, -0.25) is 9.50 Å². The second-order valence-corrected chi connectivity index (χ2v) is 6.73. The molecule has 4 aromatic rings. The van der Waals surface area contributed by atoms with E-state index in [-0.39, 0.29) is 5.95 Å². The Morgan fingerprint density at radius 2 is 1.89 bits per heavy atom. The molecule has 28 heavy (non-hydrogen) atoms. The van der Waals surface area contributed by atoms with Crippen LogP contribution in [0.5, 0.6) is 0 Å². The van der Waals surface area contributed by atoms with Gasteiger partial charge in [0.05, 0.1) is 0 Å². The van der Waals surface area contributed by atoms with Crippen molar-refractivity contribution in [3.8, 4) is 0 Å². The first kappa shape index (κ1) is 18.5. The number of hydrogen-bond acceptors (Lipinski definition) is 4. The van der Waals surface area contributed by atoms with Crippen molar-refractivity contribution < 1.29 is 13.2 Å². The number of aryl methyl sites for hydroxylation is 1. The van der Waals surface area contributed by atoms with E-state index in [9.17, 15) is 4.39 Å². The van der Waals surface area contributed by atoms with Gasteiger partial charge in [0.25, 0.3) is 0 Å². The van der Waals surface area contributed by atoms with Gasteiger partial charge in [-0.15, -0.1) is 0 Å². The number of nitrogens with one attached hydrogen (secondary N) is 2. The van der Waals surface area contributed by atoms with E-state index in [4.69, 9.17) is 0 Å². The van der Waals surface area contributed by atoms with Crippen molar-refractivity contribution in [1.82, 2.24) is 24.6 Å². The summed E-state index contributed by atoms with van der Waals surface area (Å²) in [5.41, 5.74) is 1.49. The molecule has 4 rings (SSSR count). The average Bonchev–Trinajstić information content (AvgIpc) is 3.27. The molecule has 0 atom stereocenters. The molecule has 0 aliphatic heterocycles. The second-order valence-electron chi connectivity index (χ2n) is 6.17. The summed E-state index contributed by atoms with van der Waals surface area (Å²) in [6, 6.07) is 9.12. The number of fused-ring (bicyclic) bond motifs is 1. The fourth-order valence-corrected chi connectivity index (χ4v) is 3.23. The number of aromatic nitrogens is 5. The van der Waals surface area contributed by atoms with E-state index in [1.807, 2.05) is 6.92 Å². The molecule has 0 saturated heterocycles. The van der Waals surface area contributed by atoms with E-state index in [0.717, 1.165) is 35.7 Å². The number of nitrogens with zero attached hydrogens (tertiary/aromatic N) is 4. The van der Waals surface area contributed by atoms with Crippen molar-refractivity contribution >= 4 is 33.3 Å². The van der Waals surface area contributed by atoms with E-state index in [2.05, 4.69) is 41.4 Å². The molecular formula is C18H14BrF3N6. The molecule has 0 unspecified atom stereocenters. The molecule has 0 spiro atoms. The minimum absolute atomic E-state index is 0.146. The SMILES string of the molecule is Cc1cc(Nc2nc(C(F)(F)c3ccc(F)cc3)nc3ccc(CBr)n23)n[nH]1. The maximum atomic E-state index is 15.0. The Balaban J connectivity index is 1.86. The molecule has 0 radical (unpaired) electrons. The summed E-state index contributed by atoms with van der Waals surface area (Å²) in [4.78, 5) is 8.12. The monoisotopic (exact) mass is 450 g/mol. The lowest BCUT2D eigenvalue weighted by atomic mass is 10.1. The number of aromatic amines is 1. The first-order chi connectivity index (χ1) is 13.4. The van der Waals surface area contributed by atoms with Crippen LogP contribution in [-0.2, 0) is 11.3 Å². The summed E-state index contributed by atoms with van der Waals surface area (Å²) in [7, 11) is 0. The Labute approximate surface area is 166 Å². The molecule has 0 aliphatic rings. The average molecular weight is 451 g/mol. The number of H-pyrrole nitrogens is 1. The van der Waals surface area contributed by atoms with E-state index in [1.165, 1.54) is 0 Å². The van der Waals surface area contributed by atoms with Crippen molar-refractivity contribution in [1.29, 1.82) is 0 Å². The number of anilines is 2. The molecular weight excluding hydrogens is 437 g/mol. The molecule has 10 heteroatoms. The molecule has 2 N–H and O–H groups in total. The lowest BCUT2D eigenvalue weighted by Crippen LogP contribution is -2.21. The molecule has 0 aliphatic carbocycles. The number of rotatable bonds is 5. The predicted octanol–water partition coefficient (Wildman–Crippen LogP) is 4.68. The number of halogens is 4. The first-order valence-electron chi connectivity index (χ1n) is 8.26. The topological polar surface area (TPSA) is 70.9 Å². The van der Waals surface area contributed by atoms with Gasteiger partial charge in [0.15, 0.2) is 5.82 Å². The summed E-state index contributed by atoms with van der Waals surface area (Å²) in [5.74, 6) is -4.22. The highest BCUT2D eigenvalue weighted by Gasteiger charge is 2.38. The number of benzene rings is 1. The Morgan fingerprint density at radius 3 is 2.54 bits per heavy atom. The molecule has 0 saturated carbocycles. The Bertz CT molecular complexity index is 1140. The lowest BCUT2D eigenvalue weighted by molar-refractivity contribution is 0.0330. The van der Waals surface area contributed by atoms with Crippen LogP contribution in [0, 0.1) is 12.7 Å². The van der Waals surface area contributed by atoms with Crippen LogP contribution < -0.4 is 5.32 Å². The summed E-state index contributed by atoms with van der Waals surface area (Å²) in [5, 5.41) is 10.3. The van der Waals surface area contributed by atoms with Crippen molar-refractivity contribution in [2.24, 2.45) is 0 Å². The maximum Gasteiger partial charge on any atom is 0.331 e. The van der Waals surface area contributed by atoms with E-state index in [0.29, 0.717) is 16.8 Å². The van der Waals surface area contributed by atoms with Crippen LogP contribution in [0.3, 0.4) is 0 Å². The smallest absolute Gasteiger partial charge is 0.308 e. The highest BCUT2D eigenvalue weighted by Crippen LogP contribution is 2.35. The summed E-state index contributed by atoms with van der Waals surface area (Å²) < 4.78 is 44.8. The summed E-state index contributed by atoms with van der Waals surface area (Å²) in [6.07, 6.45) is 0. The van der Waals surface area contributed by atoms with Gasteiger partial charge in [0.1, 0.15) is 11.5 Å². The van der Waals surface area contributed by atoms with Crippen LogP contribution in [-0.4, -0.2) is 24.6 Å². The number of alkyl halides is 3. The Morgan fingerprint density at radius 1 is 1.14 bits per heavy atom. The van der Waals surface area contributed by atoms with Crippen molar-refractivity contribution in [3.05, 3.63) is 71.1 Å². The molecule has 1 aromatic carbocycles. The fraction of sp³-hybridized carbons (Fsp3) is 0.167. The van der Waals surface area contributed by atoms with Crippen molar-refractivity contribution in [2.75, 3.05) is 5.32 Å². The van der Waals surface area contributed by atoms with Gasteiger partial charge in [-0.25, -0.2) is 9.37 Å². The first-order valence-corrected chi connectivity index (χ1v) is 9.38. The molecule has 0 amide bonds. The van der Waals surface area contributed by atoms with Gasteiger partial charge < -0.3 is 5.32 Å². The van der Waals surface area contributed by atoms with Gasteiger partial charge in [-0.2, -0.15) is 18.9 Å². The van der Waals surface area contributed by atoms with Crippen molar-refractivity contribution in [3.63, 3.8) is 0 Å². The van der Waals surface area contributed by atoms with Crippen LogP contribution in [0.2, 0.25) is 0 Å². The predicted molar refractivity (Wildman–Crippen MR) is 102 cm³/mol. The van der Waals surface area contributed by atoms with Crippen LogP contribution in [0.25, 0.3) is 5.65 Å². The molecule has 3 aromatic heterocycles. The second kappa shape index (κ2) is 6.93. The normalized spacial score (nSPS) is 11.9. The summed E-state index contributed by atoms with van der Waals surface area (Å²) in [6.45, 7) is 1.82. The van der Waals surface area contributed by atoms with Gasteiger partial charge in [-0.05, 0) is 43.3 Å². The van der Waals surface area contributed by atoms with E-state index < -0.39 is 23.1 Å². The zero-order valence-electron chi connectivity index (χ0n) is 14.5. The van der Waals surface area contributed by atoms with Gasteiger partial charge >= 0.3 is 5.92 Å². The standard InChI is InChI=1S/C18H14BrF3N6/c1-10-8-14(27-26-10)23-17-25-16(24-15-7-6-13(9-19)28(15)17)18(21,22)11-2-4-12(20)5-3-11/h2-8H,9H2,1H3,(H2,23,24,25,26,27). The van der Waals surface area contributed by atoms with Gasteiger partial charge in [0, 0.05) is 28.3 Å². The van der Waals surface area contributed by atoms with Crippen LogP contribution in [0.15, 0.2) is 42.5 Å². The molecule has 0 fully saturated rings. The largest absolute Gasteiger partial charge is 0.331 e. The fourth-order valence-electron chi connectivity index (χ4n) is 2.80. The van der Waals surface area contributed by atoms with E-state index in [1.54, 1.807) is 22.6 Å². The summed E-state index contributed by atoms with van der Waals surface area (Å²) >= 11 is 3.37. The molecule has 6 nitrogen and oxygen atoms in total. The Hall–Kier alpha value is -2.88. The maximum absolute atomic E-state index is 15.0. The number of hydrogen-bond donors (Lipinski definition) is 2. The minimum atomic E-state index is -3.51. The van der Waals surface area contributed by atoms with E-state index >= 15 is 8.78 Å². The third-order valence-electron chi connectivity index (χ3n) is 4.16. The minimum Gasteiger partial charge on any atom is -0.308 e.